The van der Waals surface area contributed by atoms with Gasteiger partial charge in [-0.1, -0.05) is 12.1 Å². The Balaban J connectivity index is 2.00. The van der Waals surface area contributed by atoms with E-state index < -0.39 is 0 Å². The summed E-state index contributed by atoms with van der Waals surface area (Å²) in [6.07, 6.45) is 3.78. The molecule has 5 heteroatoms. The SMILES string of the molecule is COc1ccc([C@H]2C[C@H](C)N(C(=O)[C@@H](N)CCSC)C2)cc1. The Morgan fingerprint density at radius 3 is 2.73 bits per heavy atom. The number of rotatable bonds is 6. The molecular formula is C17H26N2O2S. The Bertz CT molecular complexity index is 492. The summed E-state index contributed by atoms with van der Waals surface area (Å²) in [4.78, 5) is 14.5. The summed E-state index contributed by atoms with van der Waals surface area (Å²) in [6.45, 7) is 2.88. The predicted octanol–water partition coefficient (Wildman–Crippen LogP) is 2.48. The van der Waals surface area contributed by atoms with Gasteiger partial charge in [-0.3, -0.25) is 4.79 Å². The first-order chi connectivity index (χ1) is 10.6. The van der Waals surface area contributed by atoms with Crippen molar-refractivity contribution in [3.63, 3.8) is 0 Å². The van der Waals surface area contributed by atoms with Gasteiger partial charge in [0.2, 0.25) is 5.91 Å². The zero-order chi connectivity index (χ0) is 16.1. The molecule has 22 heavy (non-hydrogen) atoms. The molecule has 0 aromatic heterocycles. The summed E-state index contributed by atoms with van der Waals surface area (Å²) in [6, 6.07) is 8.03. The van der Waals surface area contributed by atoms with Crippen molar-refractivity contribution in [1.82, 2.24) is 4.90 Å². The number of nitrogens with two attached hydrogens (primary N) is 1. The third kappa shape index (κ3) is 3.96. The van der Waals surface area contributed by atoms with Crippen molar-refractivity contribution in [3.8, 4) is 5.75 Å². The van der Waals surface area contributed by atoms with Gasteiger partial charge in [0.25, 0.3) is 0 Å². The highest BCUT2D eigenvalue weighted by Gasteiger charge is 2.34. The fourth-order valence-electron chi connectivity index (χ4n) is 3.04. The van der Waals surface area contributed by atoms with Gasteiger partial charge in [-0.2, -0.15) is 11.8 Å². The fraction of sp³-hybridized carbons (Fsp3) is 0.588. The lowest BCUT2D eigenvalue weighted by Crippen LogP contribution is -2.45. The number of hydrogen-bond acceptors (Lipinski definition) is 4. The molecule has 0 saturated carbocycles. The minimum atomic E-state index is -0.371. The van der Waals surface area contributed by atoms with Crippen molar-refractivity contribution in [2.45, 2.75) is 37.8 Å². The molecule has 3 atom stereocenters. The van der Waals surface area contributed by atoms with Crippen LogP contribution in [0, 0.1) is 0 Å². The lowest BCUT2D eigenvalue weighted by molar-refractivity contribution is -0.133. The van der Waals surface area contributed by atoms with Gasteiger partial charge in [0.05, 0.1) is 13.2 Å². The number of carbonyl (C=O) groups excluding carboxylic acids is 1. The van der Waals surface area contributed by atoms with Gasteiger partial charge in [-0.05, 0) is 49.5 Å². The first-order valence-electron chi connectivity index (χ1n) is 7.75. The minimum Gasteiger partial charge on any atom is -0.497 e. The number of hydrogen-bond donors (Lipinski definition) is 1. The number of amides is 1. The molecule has 1 aromatic rings. The third-order valence-electron chi connectivity index (χ3n) is 4.40. The zero-order valence-electron chi connectivity index (χ0n) is 13.6. The molecule has 1 aliphatic heterocycles. The van der Waals surface area contributed by atoms with E-state index in [1.165, 1.54) is 5.56 Å². The molecule has 4 nitrogen and oxygen atoms in total. The molecule has 0 radical (unpaired) electrons. The molecule has 122 valence electrons. The van der Waals surface area contributed by atoms with Crippen LogP contribution in [0.25, 0.3) is 0 Å². The molecule has 1 aliphatic rings. The molecule has 1 heterocycles. The second-order valence-electron chi connectivity index (χ2n) is 5.93. The fourth-order valence-corrected chi connectivity index (χ4v) is 3.53. The lowest BCUT2D eigenvalue weighted by atomic mass is 9.97. The number of methoxy groups -OCH3 is 1. The lowest BCUT2D eigenvalue weighted by Gasteiger charge is -2.25. The van der Waals surface area contributed by atoms with E-state index >= 15 is 0 Å². The second-order valence-corrected chi connectivity index (χ2v) is 6.92. The van der Waals surface area contributed by atoms with E-state index in [1.54, 1.807) is 18.9 Å². The van der Waals surface area contributed by atoms with Gasteiger partial charge in [0, 0.05) is 18.5 Å². The van der Waals surface area contributed by atoms with Gasteiger partial charge in [0.15, 0.2) is 0 Å². The molecule has 2 N–H and O–H groups in total. The summed E-state index contributed by atoms with van der Waals surface area (Å²) < 4.78 is 5.20. The van der Waals surface area contributed by atoms with Crippen LogP contribution in [0.15, 0.2) is 24.3 Å². The van der Waals surface area contributed by atoms with E-state index in [9.17, 15) is 4.79 Å². The Morgan fingerprint density at radius 2 is 2.14 bits per heavy atom. The Morgan fingerprint density at radius 1 is 1.45 bits per heavy atom. The van der Waals surface area contributed by atoms with E-state index in [-0.39, 0.29) is 18.0 Å². The first kappa shape index (κ1) is 17.2. The molecule has 1 amide bonds. The molecule has 0 bridgehead atoms. The van der Waals surface area contributed by atoms with Crippen molar-refractivity contribution in [1.29, 1.82) is 0 Å². The molecule has 1 fully saturated rings. The van der Waals surface area contributed by atoms with Crippen molar-refractivity contribution >= 4 is 17.7 Å². The minimum absolute atomic E-state index is 0.0950. The summed E-state index contributed by atoms with van der Waals surface area (Å²) in [5.74, 6) is 2.27. The van der Waals surface area contributed by atoms with Gasteiger partial charge in [0.1, 0.15) is 5.75 Å². The zero-order valence-corrected chi connectivity index (χ0v) is 14.4. The highest BCUT2D eigenvalue weighted by molar-refractivity contribution is 7.98. The van der Waals surface area contributed by atoms with E-state index in [0.717, 1.165) is 30.9 Å². The Kier molecular flexibility index (Phi) is 6.15. The molecule has 0 unspecified atom stereocenters. The van der Waals surface area contributed by atoms with Crippen molar-refractivity contribution in [2.24, 2.45) is 5.73 Å². The molecular weight excluding hydrogens is 296 g/mol. The van der Waals surface area contributed by atoms with Crippen LogP contribution in [-0.2, 0) is 4.79 Å². The van der Waals surface area contributed by atoms with E-state index in [2.05, 4.69) is 19.1 Å². The van der Waals surface area contributed by atoms with Crippen molar-refractivity contribution in [2.75, 3.05) is 25.7 Å². The van der Waals surface area contributed by atoms with Crippen LogP contribution in [0.3, 0.4) is 0 Å². The number of benzene rings is 1. The standard InChI is InChI=1S/C17H26N2O2S/c1-12-10-14(13-4-6-15(21-2)7-5-13)11-19(12)17(20)16(18)8-9-22-3/h4-7,12,14,16H,8-11,18H2,1-3H3/t12-,14-,16-/m0/s1. The van der Waals surface area contributed by atoms with Crippen LogP contribution >= 0.6 is 11.8 Å². The maximum absolute atomic E-state index is 12.5. The molecule has 0 aliphatic carbocycles. The quantitative estimate of drug-likeness (QED) is 0.874. The highest BCUT2D eigenvalue weighted by atomic mass is 32.2. The average molecular weight is 322 g/mol. The van der Waals surface area contributed by atoms with E-state index in [4.69, 9.17) is 10.5 Å². The predicted molar refractivity (Wildman–Crippen MR) is 92.5 cm³/mol. The van der Waals surface area contributed by atoms with E-state index in [1.807, 2.05) is 23.3 Å². The smallest absolute Gasteiger partial charge is 0.239 e. The largest absolute Gasteiger partial charge is 0.497 e. The molecule has 1 saturated heterocycles. The number of thioether (sulfide) groups is 1. The summed E-state index contributed by atoms with van der Waals surface area (Å²) in [5, 5.41) is 0. The maximum atomic E-state index is 12.5. The topological polar surface area (TPSA) is 55.6 Å². The molecule has 0 spiro atoms. The second kappa shape index (κ2) is 7.88. The summed E-state index contributed by atoms with van der Waals surface area (Å²) >= 11 is 1.73. The normalized spacial score (nSPS) is 22.6. The monoisotopic (exact) mass is 322 g/mol. The summed E-state index contributed by atoms with van der Waals surface area (Å²) in [5.41, 5.74) is 7.31. The Hall–Kier alpha value is -1.20. The molecule has 1 aromatic carbocycles. The van der Waals surface area contributed by atoms with Crippen LogP contribution in [-0.4, -0.2) is 48.6 Å². The van der Waals surface area contributed by atoms with Gasteiger partial charge in [-0.15, -0.1) is 0 Å². The first-order valence-corrected chi connectivity index (χ1v) is 9.15. The maximum Gasteiger partial charge on any atom is 0.239 e. The van der Waals surface area contributed by atoms with Crippen molar-refractivity contribution < 1.29 is 9.53 Å². The number of nitrogens with zero attached hydrogens (tertiary/aromatic N) is 1. The third-order valence-corrected chi connectivity index (χ3v) is 5.04. The number of ether oxygens (including phenoxy) is 1. The van der Waals surface area contributed by atoms with E-state index in [0.29, 0.717) is 5.92 Å². The number of likely N-dealkylation sites (tertiary alicyclic amines) is 1. The Labute approximate surface area is 137 Å². The van der Waals surface area contributed by atoms with Crippen LogP contribution in [0.5, 0.6) is 5.75 Å². The van der Waals surface area contributed by atoms with Gasteiger partial charge in [-0.25, -0.2) is 0 Å². The van der Waals surface area contributed by atoms with Crippen LogP contribution in [0.1, 0.15) is 31.2 Å². The van der Waals surface area contributed by atoms with Crippen LogP contribution in [0.4, 0.5) is 0 Å². The van der Waals surface area contributed by atoms with Crippen LogP contribution in [0.2, 0.25) is 0 Å². The van der Waals surface area contributed by atoms with Crippen molar-refractivity contribution in [3.05, 3.63) is 29.8 Å². The van der Waals surface area contributed by atoms with Gasteiger partial charge < -0.3 is 15.4 Å². The number of carbonyl (C=O) groups is 1. The average Bonchev–Trinajstić information content (AvgIpc) is 2.93. The van der Waals surface area contributed by atoms with Crippen LogP contribution < -0.4 is 10.5 Å². The summed E-state index contributed by atoms with van der Waals surface area (Å²) in [7, 11) is 1.67. The van der Waals surface area contributed by atoms with Gasteiger partial charge >= 0.3 is 0 Å². The highest BCUT2D eigenvalue weighted by Crippen LogP contribution is 2.32. The molecule has 2 rings (SSSR count).